The zero-order valence-corrected chi connectivity index (χ0v) is 49.2. The van der Waals surface area contributed by atoms with E-state index in [4.69, 9.17) is 34.6 Å². The van der Waals surface area contributed by atoms with Crippen LogP contribution in [-0.2, 0) is 45.4 Å². The second-order valence-corrected chi connectivity index (χ2v) is 28.6. The molecule has 0 amide bonds. The summed E-state index contributed by atoms with van der Waals surface area (Å²) in [6.45, 7) is 30.8. The number of Topliss-reactive ketones (excluding diaryl/α,β-unsaturated/α-hetero) is 1. The van der Waals surface area contributed by atoms with Crippen molar-refractivity contribution in [3.8, 4) is 22.5 Å². The molecule has 6 heterocycles. The van der Waals surface area contributed by atoms with Crippen molar-refractivity contribution in [2.75, 3.05) is 36.0 Å². The van der Waals surface area contributed by atoms with Crippen molar-refractivity contribution in [1.29, 1.82) is 0 Å². The van der Waals surface area contributed by atoms with Crippen molar-refractivity contribution >= 4 is 38.7 Å². The van der Waals surface area contributed by atoms with Gasteiger partial charge < -0.3 is 39.8 Å². The zero-order valence-electron chi connectivity index (χ0n) is 47.6. The highest BCUT2D eigenvalue weighted by Gasteiger charge is 2.48. The van der Waals surface area contributed by atoms with Gasteiger partial charge in [0.1, 0.15) is 18.0 Å². The van der Waals surface area contributed by atoms with Crippen LogP contribution in [0.3, 0.4) is 0 Å². The lowest BCUT2D eigenvalue weighted by Gasteiger charge is -2.42. The van der Waals surface area contributed by atoms with E-state index in [0.29, 0.717) is 30.7 Å². The molecule has 0 radical (unpaired) electrons. The number of thiazole rings is 2. The molecule has 2 aromatic carbocycles. The molecule has 75 heavy (non-hydrogen) atoms. The zero-order chi connectivity index (χ0) is 53.3. The van der Waals surface area contributed by atoms with E-state index in [-0.39, 0.29) is 52.1 Å². The van der Waals surface area contributed by atoms with Gasteiger partial charge in [0.25, 0.3) is 0 Å². The average Bonchev–Trinajstić information content (AvgIpc) is 4.18. The molecule has 12 rings (SSSR count). The van der Waals surface area contributed by atoms with E-state index in [0.717, 1.165) is 79.9 Å². The van der Waals surface area contributed by atoms with Crippen LogP contribution >= 0.6 is 22.7 Å². The highest BCUT2D eigenvalue weighted by Crippen LogP contribution is 2.49. The molecule has 4 saturated heterocycles. The third-order valence-corrected chi connectivity index (χ3v) is 20.2. The minimum atomic E-state index is -0.449. The molecular weight excluding hydrogens is 973 g/mol. The third kappa shape index (κ3) is 12.0. The lowest BCUT2D eigenvalue weighted by Crippen LogP contribution is -2.53. The van der Waals surface area contributed by atoms with Crippen LogP contribution in [-0.4, -0.2) is 96.0 Å². The van der Waals surface area contributed by atoms with E-state index in [1.165, 1.54) is 78.3 Å². The Kier molecular flexibility index (Phi) is 15.5. The molecule has 410 valence electrons. The molecule has 4 aromatic rings. The Morgan fingerprint density at radius 2 is 0.987 bits per heavy atom. The van der Waals surface area contributed by atoms with Gasteiger partial charge in [0.2, 0.25) is 0 Å². The second kappa shape index (κ2) is 21.1. The number of ether oxygens (including phenoxy) is 4. The van der Waals surface area contributed by atoms with E-state index < -0.39 is 11.6 Å². The number of hydrogen-bond acceptors (Lipinski definition) is 13. The maximum atomic E-state index is 11.5. The fraction of sp³-hybridized carbons (Fsp3) is 0.694. The van der Waals surface area contributed by atoms with Gasteiger partial charge in [0.15, 0.2) is 21.8 Å². The predicted octanol–water partition coefficient (Wildman–Crippen LogP) is 13.1. The standard InChI is InChI=1S/C31H45N3O2S.C22H28N2OS.C9H17NO2/c1-29(2)14-15-30(3,4)23-18-20(10-11-22(23)29)25-19-37-28(33-25)34-16-12-21(13-17-34)32-24-8-7-9-26-27(24)36-31(5,6)35-26;1-21(2)9-10-22(3,4)18-13-15(5-6-17(18)21)19-14-26-20(23-19)24-11-7-16(25)8-12-24;1-9(2)11-7-5-3-4-6(10)8(7)12-9/h10-11,18-19,21,24,26-27,32H,7-9,12-17H2,1-6H3;5-6,13-14H,7-12H2,1-4H3;6-8H,3-5,10H2,1-2H3/t24-,26-,27+;;6-,7-,8+/m1.1/s1. The second-order valence-electron chi connectivity index (χ2n) is 26.9. The number of carbonyl (C=O) groups is 1. The highest BCUT2D eigenvalue weighted by molar-refractivity contribution is 7.14. The molecule has 0 spiro atoms. The summed E-state index contributed by atoms with van der Waals surface area (Å²) in [7, 11) is 0. The Hall–Kier alpha value is -3.27. The molecular formula is C62H90N6O5S2. The molecule has 0 unspecified atom stereocenters. The first-order valence-corrected chi connectivity index (χ1v) is 30.6. The fourth-order valence-corrected chi connectivity index (χ4v) is 15.3. The summed E-state index contributed by atoms with van der Waals surface area (Å²) < 4.78 is 23.9. The maximum absolute atomic E-state index is 11.5. The Morgan fingerprint density at radius 3 is 1.48 bits per heavy atom. The molecule has 2 aromatic heterocycles. The Labute approximate surface area is 457 Å². The van der Waals surface area contributed by atoms with Crippen molar-refractivity contribution in [1.82, 2.24) is 15.3 Å². The van der Waals surface area contributed by atoms with E-state index in [1.54, 1.807) is 22.7 Å². The number of rotatable bonds is 6. The number of hydrogen-bond donors (Lipinski definition) is 2. The molecule has 6 fully saturated rings. The number of carbonyl (C=O) groups excluding carboxylic acids is 1. The van der Waals surface area contributed by atoms with Gasteiger partial charge >= 0.3 is 0 Å². The summed E-state index contributed by atoms with van der Waals surface area (Å²) in [5.74, 6) is -0.495. The summed E-state index contributed by atoms with van der Waals surface area (Å²) in [5.41, 5.74) is 17.5. The van der Waals surface area contributed by atoms with Crippen molar-refractivity contribution < 1.29 is 23.7 Å². The monoisotopic (exact) mass is 1060 g/mol. The van der Waals surface area contributed by atoms with Gasteiger partial charge in [-0.05, 0) is 161 Å². The van der Waals surface area contributed by atoms with Crippen molar-refractivity contribution in [2.24, 2.45) is 5.73 Å². The summed E-state index contributed by atoms with van der Waals surface area (Å²) in [6, 6.07) is 15.1. The van der Waals surface area contributed by atoms with Gasteiger partial charge in [-0.25, -0.2) is 9.97 Å². The van der Waals surface area contributed by atoms with E-state index >= 15 is 0 Å². The molecule has 4 aliphatic carbocycles. The number of aromatic nitrogens is 2. The number of nitrogens with zero attached hydrogens (tertiary/aromatic N) is 4. The van der Waals surface area contributed by atoms with E-state index in [1.807, 2.05) is 13.8 Å². The number of benzene rings is 2. The van der Waals surface area contributed by atoms with Crippen molar-refractivity contribution in [3.05, 3.63) is 69.4 Å². The Morgan fingerprint density at radius 1 is 0.547 bits per heavy atom. The summed E-state index contributed by atoms with van der Waals surface area (Å²) >= 11 is 3.49. The minimum absolute atomic E-state index is 0.133. The molecule has 8 aliphatic rings. The number of ketones is 1. The third-order valence-electron chi connectivity index (χ3n) is 18.4. The topological polar surface area (TPSA) is 124 Å². The van der Waals surface area contributed by atoms with Crippen LogP contribution in [0.4, 0.5) is 10.3 Å². The van der Waals surface area contributed by atoms with Gasteiger partial charge in [-0.15, -0.1) is 22.7 Å². The quantitative estimate of drug-likeness (QED) is 0.192. The minimum Gasteiger partial charge on any atom is -0.348 e. The molecule has 13 heteroatoms. The summed E-state index contributed by atoms with van der Waals surface area (Å²) in [4.78, 5) is 26.2. The van der Waals surface area contributed by atoms with Crippen molar-refractivity contribution in [2.45, 2.75) is 249 Å². The van der Waals surface area contributed by atoms with E-state index in [9.17, 15) is 4.79 Å². The predicted molar refractivity (Wildman–Crippen MR) is 308 cm³/mol. The Bertz CT molecular complexity index is 2650. The van der Waals surface area contributed by atoms with Crippen LogP contribution in [0.2, 0.25) is 0 Å². The number of nitrogens with two attached hydrogens (primary N) is 1. The molecule has 4 aliphatic heterocycles. The first-order chi connectivity index (χ1) is 35.4. The SMILES string of the molecule is CC1(C)CCC(C)(C)c2cc(-c3csc(N4CCC(=O)CC4)n3)ccc21.CC1(C)O[C@H]2[C@H](N)CCC[C@H]2O1.CC1(C)O[C@H]2[C@H](NC3CCN(c4nc(-c5ccc6c(c5)C(C)(C)CCC6(C)C)cs4)CC3)CCC[C@H]2O1. The molecule has 3 N–H and O–H groups in total. The lowest BCUT2D eigenvalue weighted by atomic mass is 9.63. The highest BCUT2D eigenvalue weighted by atomic mass is 32.1. The number of piperidine rings is 2. The molecule has 6 atom stereocenters. The average molecular weight is 1060 g/mol. The first-order valence-electron chi connectivity index (χ1n) is 28.8. The normalized spacial score (nSPS) is 29.9. The number of fused-ring (bicyclic) bond motifs is 4. The van der Waals surface area contributed by atoms with Crippen LogP contribution in [0.25, 0.3) is 22.5 Å². The molecule has 2 saturated carbocycles. The van der Waals surface area contributed by atoms with Gasteiger partial charge in [0, 0.05) is 79.0 Å². The molecule has 11 nitrogen and oxygen atoms in total. The van der Waals surface area contributed by atoms with Crippen molar-refractivity contribution in [3.63, 3.8) is 0 Å². The number of nitrogens with one attached hydrogen (secondary N) is 1. The number of anilines is 2. The van der Waals surface area contributed by atoms with Crippen LogP contribution in [0.1, 0.15) is 195 Å². The van der Waals surface area contributed by atoms with Gasteiger partial charge in [-0.1, -0.05) is 79.7 Å². The first kappa shape index (κ1) is 55.1. The van der Waals surface area contributed by atoms with Gasteiger partial charge in [-0.3, -0.25) is 4.79 Å². The summed E-state index contributed by atoms with van der Waals surface area (Å²) in [6.07, 6.45) is 16.2. The molecule has 0 bridgehead atoms. The lowest BCUT2D eigenvalue weighted by molar-refractivity contribution is -0.147. The Balaban J connectivity index is 0.000000145. The van der Waals surface area contributed by atoms with Gasteiger partial charge in [-0.2, -0.15) is 0 Å². The van der Waals surface area contributed by atoms with E-state index in [2.05, 4.69) is 132 Å². The fourth-order valence-electron chi connectivity index (χ4n) is 13.5. The maximum Gasteiger partial charge on any atom is 0.185 e. The smallest absolute Gasteiger partial charge is 0.185 e. The van der Waals surface area contributed by atoms with Crippen LogP contribution < -0.4 is 20.9 Å². The largest absolute Gasteiger partial charge is 0.348 e. The van der Waals surface area contributed by atoms with Crippen LogP contribution in [0.15, 0.2) is 47.2 Å². The van der Waals surface area contributed by atoms with Crippen LogP contribution in [0, 0.1) is 0 Å². The summed E-state index contributed by atoms with van der Waals surface area (Å²) in [5, 5.41) is 10.6. The van der Waals surface area contributed by atoms with Crippen LogP contribution in [0.5, 0.6) is 0 Å². The van der Waals surface area contributed by atoms with Gasteiger partial charge in [0.05, 0.1) is 23.6 Å².